The molecule has 0 radical (unpaired) electrons. The van der Waals surface area contributed by atoms with Crippen LogP contribution >= 0.6 is 0 Å². The van der Waals surface area contributed by atoms with Crippen molar-refractivity contribution in [3.8, 4) is 6.07 Å². The minimum atomic E-state index is -0.165. The molecular weight excluding hydrogens is 374 g/mol. The smallest absolute Gasteiger partial charge is 0.251 e. The lowest BCUT2D eigenvalue weighted by Gasteiger charge is -2.26. The van der Waals surface area contributed by atoms with Crippen molar-refractivity contribution >= 4 is 17.5 Å². The summed E-state index contributed by atoms with van der Waals surface area (Å²) in [5, 5.41) is 11.9. The molecule has 2 aromatic carbocycles. The van der Waals surface area contributed by atoms with Gasteiger partial charge in [-0.25, -0.2) is 0 Å². The number of amides is 2. The van der Waals surface area contributed by atoms with Crippen LogP contribution in [0, 0.1) is 17.2 Å². The summed E-state index contributed by atoms with van der Waals surface area (Å²) in [6.45, 7) is 2.71. The lowest BCUT2D eigenvalue weighted by atomic mass is 9.88. The molecule has 5 nitrogen and oxygen atoms in total. The number of rotatable bonds is 4. The van der Waals surface area contributed by atoms with E-state index in [1.807, 2.05) is 24.0 Å². The molecule has 2 aliphatic rings. The van der Waals surface area contributed by atoms with Crippen molar-refractivity contribution in [3.63, 3.8) is 0 Å². The molecule has 0 saturated heterocycles. The van der Waals surface area contributed by atoms with Gasteiger partial charge in [0.2, 0.25) is 5.91 Å². The predicted octanol–water partition coefficient (Wildman–Crippen LogP) is 4.52. The molecule has 1 unspecified atom stereocenters. The van der Waals surface area contributed by atoms with E-state index in [-0.39, 0.29) is 23.8 Å². The molecule has 2 amide bonds. The molecule has 0 bridgehead atoms. The molecule has 0 aromatic heterocycles. The average molecular weight is 402 g/mol. The zero-order chi connectivity index (χ0) is 21.1. The Bertz CT molecular complexity index is 984. The maximum Gasteiger partial charge on any atom is 0.251 e. The Labute approximate surface area is 177 Å². The SMILES string of the molecule is CC(NC(=O)c1ccc(C#N)cc1)c1ccc2c(c1)CCN2C(=O)C1CCCCC1. The Morgan fingerprint density at radius 3 is 2.53 bits per heavy atom. The third-order valence-electron chi connectivity index (χ3n) is 6.34. The molecule has 1 aliphatic heterocycles. The predicted molar refractivity (Wildman–Crippen MR) is 116 cm³/mol. The summed E-state index contributed by atoms with van der Waals surface area (Å²) in [6.07, 6.45) is 6.45. The van der Waals surface area contributed by atoms with Gasteiger partial charge in [-0.15, -0.1) is 0 Å². The quantitative estimate of drug-likeness (QED) is 0.819. The second-order valence-electron chi connectivity index (χ2n) is 8.35. The second kappa shape index (κ2) is 8.71. The van der Waals surface area contributed by atoms with Crippen LogP contribution in [0.2, 0.25) is 0 Å². The van der Waals surface area contributed by atoms with Gasteiger partial charge in [-0.2, -0.15) is 5.26 Å². The molecule has 0 spiro atoms. The van der Waals surface area contributed by atoms with E-state index in [1.54, 1.807) is 24.3 Å². The molecule has 1 N–H and O–H groups in total. The van der Waals surface area contributed by atoms with Crippen LogP contribution in [-0.4, -0.2) is 18.4 Å². The van der Waals surface area contributed by atoms with Crippen molar-refractivity contribution in [1.29, 1.82) is 5.26 Å². The zero-order valence-corrected chi connectivity index (χ0v) is 17.4. The van der Waals surface area contributed by atoms with Crippen LogP contribution in [0.3, 0.4) is 0 Å². The minimum absolute atomic E-state index is 0.151. The van der Waals surface area contributed by atoms with Crippen molar-refractivity contribution in [2.75, 3.05) is 11.4 Å². The number of anilines is 1. The molecule has 5 heteroatoms. The lowest BCUT2D eigenvalue weighted by molar-refractivity contribution is -0.123. The lowest BCUT2D eigenvalue weighted by Crippen LogP contribution is -2.35. The van der Waals surface area contributed by atoms with E-state index in [2.05, 4.69) is 17.5 Å². The van der Waals surface area contributed by atoms with E-state index < -0.39 is 0 Å². The highest BCUT2D eigenvalue weighted by atomic mass is 16.2. The maximum absolute atomic E-state index is 13.0. The Morgan fingerprint density at radius 1 is 1.10 bits per heavy atom. The first-order valence-electron chi connectivity index (χ1n) is 10.8. The van der Waals surface area contributed by atoms with Crippen LogP contribution < -0.4 is 10.2 Å². The largest absolute Gasteiger partial charge is 0.346 e. The van der Waals surface area contributed by atoms with Crippen molar-refractivity contribution < 1.29 is 9.59 Å². The summed E-state index contributed by atoms with van der Waals surface area (Å²) in [7, 11) is 0. The third-order valence-corrected chi connectivity index (χ3v) is 6.34. The first kappa shape index (κ1) is 20.2. The standard InChI is InChI=1S/C25H27N3O2/c1-17(27-24(29)19-9-7-18(16-26)8-10-19)21-11-12-23-22(15-21)13-14-28(23)25(30)20-5-3-2-4-6-20/h7-12,15,17,20H,2-6,13-14H2,1H3,(H,27,29). The first-order valence-corrected chi connectivity index (χ1v) is 10.8. The van der Waals surface area contributed by atoms with Gasteiger partial charge in [-0.3, -0.25) is 9.59 Å². The summed E-state index contributed by atoms with van der Waals surface area (Å²) in [5.74, 6) is 0.292. The Balaban J connectivity index is 1.44. The number of carbonyl (C=O) groups excluding carboxylic acids is 2. The van der Waals surface area contributed by atoms with Crippen LogP contribution in [0.25, 0.3) is 0 Å². The van der Waals surface area contributed by atoms with Gasteiger partial charge >= 0.3 is 0 Å². The van der Waals surface area contributed by atoms with Crippen LogP contribution in [-0.2, 0) is 11.2 Å². The molecule has 2 aromatic rings. The van der Waals surface area contributed by atoms with Gasteiger partial charge in [0, 0.05) is 23.7 Å². The summed E-state index contributed by atoms with van der Waals surface area (Å²) in [5.41, 5.74) is 4.30. The van der Waals surface area contributed by atoms with Crippen molar-refractivity contribution in [2.24, 2.45) is 5.92 Å². The Kier molecular flexibility index (Phi) is 5.85. The summed E-state index contributed by atoms with van der Waals surface area (Å²) < 4.78 is 0. The van der Waals surface area contributed by atoms with Crippen molar-refractivity contribution in [2.45, 2.75) is 51.5 Å². The molecule has 154 valence electrons. The van der Waals surface area contributed by atoms with Crippen LogP contribution in [0.5, 0.6) is 0 Å². The molecule has 1 fully saturated rings. The molecule has 1 atom stereocenters. The Morgan fingerprint density at radius 2 is 1.83 bits per heavy atom. The highest BCUT2D eigenvalue weighted by Crippen LogP contribution is 2.34. The molecule has 4 rings (SSSR count). The van der Waals surface area contributed by atoms with E-state index in [0.29, 0.717) is 11.1 Å². The zero-order valence-electron chi connectivity index (χ0n) is 17.4. The first-order chi connectivity index (χ1) is 14.6. The minimum Gasteiger partial charge on any atom is -0.346 e. The summed E-state index contributed by atoms with van der Waals surface area (Å²) >= 11 is 0. The van der Waals surface area contributed by atoms with E-state index in [9.17, 15) is 9.59 Å². The van der Waals surface area contributed by atoms with Gasteiger partial charge in [-0.05, 0) is 67.6 Å². The summed E-state index contributed by atoms with van der Waals surface area (Å²) in [4.78, 5) is 27.5. The fourth-order valence-electron chi connectivity index (χ4n) is 4.55. The van der Waals surface area contributed by atoms with Gasteiger partial charge in [0.1, 0.15) is 0 Å². The van der Waals surface area contributed by atoms with E-state index >= 15 is 0 Å². The van der Waals surface area contributed by atoms with Crippen LogP contribution in [0.4, 0.5) is 5.69 Å². The number of hydrogen-bond acceptors (Lipinski definition) is 3. The highest BCUT2D eigenvalue weighted by molar-refractivity contribution is 5.97. The third kappa shape index (κ3) is 4.09. The van der Waals surface area contributed by atoms with Gasteiger partial charge in [0.25, 0.3) is 5.91 Å². The average Bonchev–Trinajstić information content (AvgIpc) is 3.22. The Hall–Kier alpha value is -3.13. The molecule has 1 saturated carbocycles. The number of nitriles is 1. The highest BCUT2D eigenvalue weighted by Gasteiger charge is 2.31. The maximum atomic E-state index is 13.0. The number of nitrogens with zero attached hydrogens (tertiary/aromatic N) is 2. The number of hydrogen-bond donors (Lipinski definition) is 1. The fraction of sp³-hybridized carbons (Fsp3) is 0.400. The monoisotopic (exact) mass is 401 g/mol. The van der Waals surface area contributed by atoms with E-state index in [1.165, 1.54) is 12.0 Å². The van der Waals surface area contributed by atoms with Gasteiger partial charge in [0.15, 0.2) is 0 Å². The topological polar surface area (TPSA) is 73.2 Å². The number of benzene rings is 2. The number of carbonyl (C=O) groups is 2. The second-order valence-corrected chi connectivity index (χ2v) is 8.35. The van der Waals surface area contributed by atoms with E-state index in [4.69, 9.17) is 5.26 Å². The number of fused-ring (bicyclic) bond motifs is 1. The molecule has 30 heavy (non-hydrogen) atoms. The normalized spacial score (nSPS) is 17.1. The van der Waals surface area contributed by atoms with Gasteiger partial charge < -0.3 is 10.2 Å². The van der Waals surface area contributed by atoms with Gasteiger partial charge in [-0.1, -0.05) is 31.4 Å². The molecule has 1 heterocycles. The molecular formula is C25H27N3O2. The van der Waals surface area contributed by atoms with Crippen LogP contribution in [0.15, 0.2) is 42.5 Å². The summed E-state index contributed by atoms with van der Waals surface area (Å²) in [6, 6.07) is 14.7. The fourth-order valence-corrected chi connectivity index (χ4v) is 4.55. The van der Waals surface area contributed by atoms with E-state index in [0.717, 1.165) is 49.9 Å². The van der Waals surface area contributed by atoms with Gasteiger partial charge in [0.05, 0.1) is 17.7 Å². The molecule has 1 aliphatic carbocycles. The van der Waals surface area contributed by atoms with Crippen molar-refractivity contribution in [1.82, 2.24) is 5.32 Å². The number of nitrogens with one attached hydrogen (secondary N) is 1. The van der Waals surface area contributed by atoms with Crippen molar-refractivity contribution in [3.05, 3.63) is 64.7 Å². The van der Waals surface area contributed by atoms with Crippen LogP contribution in [0.1, 0.15) is 72.1 Å².